The molecule has 0 saturated carbocycles. The predicted octanol–water partition coefficient (Wildman–Crippen LogP) is -0.167. The summed E-state index contributed by atoms with van der Waals surface area (Å²) in [7, 11) is -4.15. The maximum atomic E-state index is 12.3. The van der Waals surface area contributed by atoms with Crippen LogP contribution in [0.4, 0.5) is 0 Å². The number of carboxylic acid groups (broad SMARTS) is 1. The highest BCUT2D eigenvalue weighted by Crippen LogP contribution is 2.38. The highest BCUT2D eigenvalue weighted by Gasteiger charge is 2.33. The van der Waals surface area contributed by atoms with E-state index >= 15 is 0 Å². The van der Waals surface area contributed by atoms with Crippen LogP contribution in [0, 0.1) is 5.92 Å². The molecular formula is C13H26N3O7P. The molecule has 0 bridgehead atoms. The molecule has 1 unspecified atom stereocenters. The van der Waals surface area contributed by atoms with Crippen LogP contribution in [0.25, 0.3) is 0 Å². The van der Waals surface area contributed by atoms with E-state index in [0.717, 1.165) is 0 Å². The van der Waals surface area contributed by atoms with Crippen molar-refractivity contribution in [3.8, 4) is 0 Å². The number of nitrogens with one attached hydrogen (secondary N) is 3. The quantitative estimate of drug-likeness (QED) is 0.315. The van der Waals surface area contributed by atoms with E-state index in [0.29, 0.717) is 6.42 Å². The van der Waals surface area contributed by atoms with E-state index in [1.165, 1.54) is 13.8 Å². The molecular weight excluding hydrogens is 341 g/mol. The zero-order valence-electron chi connectivity index (χ0n) is 14.2. The van der Waals surface area contributed by atoms with Crippen LogP contribution >= 0.6 is 7.75 Å². The van der Waals surface area contributed by atoms with Crippen LogP contribution < -0.4 is 15.7 Å². The Kier molecular flexibility index (Phi) is 9.76. The molecule has 5 N–H and O–H groups in total. The first-order valence-corrected chi connectivity index (χ1v) is 9.16. The van der Waals surface area contributed by atoms with Crippen LogP contribution in [0.5, 0.6) is 0 Å². The third-order valence-electron chi connectivity index (χ3n) is 3.27. The number of rotatable bonds is 11. The first kappa shape index (κ1) is 22.5. The molecule has 0 saturated heterocycles. The smallest absolute Gasteiger partial charge is 0.403 e. The molecule has 140 valence electrons. The van der Waals surface area contributed by atoms with Gasteiger partial charge in [-0.2, -0.15) is 0 Å². The van der Waals surface area contributed by atoms with Crippen molar-refractivity contribution in [3.05, 3.63) is 0 Å². The van der Waals surface area contributed by atoms with Crippen molar-refractivity contribution in [1.82, 2.24) is 15.7 Å². The lowest BCUT2D eigenvalue weighted by molar-refractivity contribution is -0.138. The molecule has 2 amide bonds. The molecule has 0 aliphatic carbocycles. The van der Waals surface area contributed by atoms with Crippen molar-refractivity contribution in [2.45, 2.75) is 46.2 Å². The van der Waals surface area contributed by atoms with Crippen molar-refractivity contribution in [3.63, 3.8) is 0 Å². The standard InChI is InChI=1S/C13H26N3O7P/c1-5-8(3)11(16-24(21,22)23-6-2)13(20)15-9(4)12(19)14-7-10(17)18/h8-9,11H,5-7H2,1-4H3,(H,14,19)(H,15,20)(H,17,18)(H2,16,21,22)/t8-,9-,11-/m0/s1. The third kappa shape index (κ3) is 8.39. The summed E-state index contributed by atoms with van der Waals surface area (Å²) in [6.07, 6.45) is 0.538. The fourth-order valence-corrected chi connectivity index (χ4v) is 2.90. The van der Waals surface area contributed by atoms with Gasteiger partial charge >= 0.3 is 13.7 Å². The van der Waals surface area contributed by atoms with Crippen LogP contribution in [0.15, 0.2) is 0 Å². The van der Waals surface area contributed by atoms with Crippen molar-refractivity contribution in [2.75, 3.05) is 13.2 Å². The average Bonchev–Trinajstić information content (AvgIpc) is 2.49. The van der Waals surface area contributed by atoms with Gasteiger partial charge < -0.3 is 20.6 Å². The molecule has 0 aromatic rings. The largest absolute Gasteiger partial charge is 0.480 e. The summed E-state index contributed by atoms with van der Waals surface area (Å²) >= 11 is 0. The molecule has 0 fully saturated rings. The molecule has 0 rings (SSSR count). The lowest BCUT2D eigenvalue weighted by Gasteiger charge is -2.26. The Morgan fingerprint density at radius 1 is 1.17 bits per heavy atom. The van der Waals surface area contributed by atoms with Crippen molar-refractivity contribution < 1.29 is 33.5 Å². The summed E-state index contributed by atoms with van der Waals surface area (Å²) in [6, 6.07) is -2.05. The molecule has 11 heteroatoms. The van der Waals surface area contributed by atoms with E-state index in [1.54, 1.807) is 13.8 Å². The number of hydrogen-bond donors (Lipinski definition) is 5. The van der Waals surface area contributed by atoms with Crippen molar-refractivity contribution >= 4 is 25.5 Å². The number of carboxylic acids is 1. The van der Waals surface area contributed by atoms with Gasteiger partial charge in [0.05, 0.1) is 12.6 Å². The van der Waals surface area contributed by atoms with Crippen LogP contribution in [-0.2, 0) is 23.5 Å². The summed E-state index contributed by atoms with van der Waals surface area (Å²) in [4.78, 5) is 44.1. The number of hydrogen-bond acceptors (Lipinski definition) is 5. The molecule has 0 aliphatic heterocycles. The van der Waals surface area contributed by atoms with Crippen LogP contribution in [-0.4, -0.2) is 53.0 Å². The predicted molar refractivity (Wildman–Crippen MR) is 86.1 cm³/mol. The normalized spacial score (nSPS) is 17.2. The monoisotopic (exact) mass is 367 g/mol. The van der Waals surface area contributed by atoms with E-state index in [1.807, 2.05) is 0 Å². The highest BCUT2D eigenvalue weighted by atomic mass is 31.2. The SMILES string of the molecule is CCOP(=O)(O)N[C@H](C(=O)N[C@@H](C)C(=O)NCC(=O)O)[C@@H](C)CC. The molecule has 0 heterocycles. The lowest BCUT2D eigenvalue weighted by atomic mass is 9.99. The fraction of sp³-hybridized carbons (Fsp3) is 0.769. The molecule has 0 radical (unpaired) electrons. The topological polar surface area (TPSA) is 154 Å². The minimum Gasteiger partial charge on any atom is -0.480 e. The molecule has 4 atom stereocenters. The summed E-state index contributed by atoms with van der Waals surface area (Å²) in [6.45, 7) is 5.85. The van der Waals surface area contributed by atoms with E-state index in [4.69, 9.17) is 9.63 Å². The van der Waals surface area contributed by atoms with Gasteiger partial charge in [0.1, 0.15) is 12.6 Å². The third-order valence-corrected chi connectivity index (χ3v) is 4.48. The average molecular weight is 367 g/mol. The molecule has 0 spiro atoms. The molecule has 10 nitrogen and oxygen atoms in total. The maximum absolute atomic E-state index is 12.3. The molecule has 0 aromatic heterocycles. The van der Waals surface area contributed by atoms with E-state index in [9.17, 15) is 23.8 Å². The van der Waals surface area contributed by atoms with Gasteiger partial charge in [0.2, 0.25) is 11.8 Å². The second-order valence-electron chi connectivity index (χ2n) is 5.27. The zero-order valence-corrected chi connectivity index (χ0v) is 15.1. The number of carbonyl (C=O) groups excluding carboxylic acids is 2. The van der Waals surface area contributed by atoms with Crippen LogP contribution in [0.3, 0.4) is 0 Å². The Hall–Kier alpha value is -1.48. The van der Waals surface area contributed by atoms with Crippen molar-refractivity contribution in [2.24, 2.45) is 5.92 Å². The van der Waals surface area contributed by atoms with Gasteiger partial charge in [-0.25, -0.2) is 9.65 Å². The Bertz CT molecular complexity index is 500. The van der Waals surface area contributed by atoms with Gasteiger partial charge in [-0.15, -0.1) is 0 Å². The van der Waals surface area contributed by atoms with Gasteiger partial charge in [-0.05, 0) is 19.8 Å². The maximum Gasteiger partial charge on any atom is 0.403 e. The first-order chi connectivity index (χ1) is 11.0. The highest BCUT2D eigenvalue weighted by molar-refractivity contribution is 7.50. The summed E-state index contributed by atoms with van der Waals surface area (Å²) < 4.78 is 16.5. The Labute approximate surface area is 140 Å². The number of amides is 2. The Morgan fingerprint density at radius 2 is 1.75 bits per heavy atom. The molecule has 0 aliphatic rings. The minimum absolute atomic E-state index is 0.0103. The van der Waals surface area contributed by atoms with E-state index in [-0.39, 0.29) is 12.5 Å². The lowest BCUT2D eigenvalue weighted by Crippen LogP contribution is -2.53. The number of aliphatic carboxylic acids is 1. The second kappa shape index (κ2) is 10.4. The van der Waals surface area contributed by atoms with Gasteiger partial charge in [0.15, 0.2) is 0 Å². The van der Waals surface area contributed by atoms with Gasteiger partial charge in [0.25, 0.3) is 0 Å². The Morgan fingerprint density at radius 3 is 2.21 bits per heavy atom. The molecule has 0 aromatic carbocycles. The summed E-state index contributed by atoms with van der Waals surface area (Å²) in [5, 5.41) is 15.3. The van der Waals surface area contributed by atoms with Crippen molar-refractivity contribution in [1.29, 1.82) is 0 Å². The number of carbonyl (C=O) groups is 3. The van der Waals surface area contributed by atoms with E-state index < -0.39 is 44.2 Å². The van der Waals surface area contributed by atoms with Crippen LogP contribution in [0.1, 0.15) is 34.1 Å². The summed E-state index contributed by atoms with van der Waals surface area (Å²) in [5.41, 5.74) is 0. The minimum atomic E-state index is -4.15. The van der Waals surface area contributed by atoms with Gasteiger partial charge in [0, 0.05) is 0 Å². The van der Waals surface area contributed by atoms with Gasteiger partial charge in [-0.3, -0.25) is 18.9 Å². The van der Waals surface area contributed by atoms with Crippen LogP contribution in [0.2, 0.25) is 0 Å². The Balaban J connectivity index is 4.91. The second-order valence-corrected chi connectivity index (χ2v) is 6.83. The van der Waals surface area contributed by atoms with Gasteiger partial charge in [-0.1, -0.05) is 20.3 Å². The first-order valence-electron chi connectivity index (χ1n) is 7.59. The summed E-state index contributed by atoms with van der Waals surface area (Å²) in [5.74, 6) is -2.85. The zero-order chi connectivity index (χ0) is 18.9. The molecule has 24 heavy (non-hydrogen) atoms. The van der Waals surface area contributed by atoms with E-state index in [2.05, 4.69) is 15.7 Å². The fourth-order valence-electron chi connectivity index (χ4n) is 1.75.